The summed E-state index contributed by atoms with van der Waals surface area (Å²) >= 11 is 6.20. The number of halogens is 1. The first kappa shape index (κ1) is 20.7. The van der Waals surface area contributed by atoms with Crippen molar-refractivity contribution in [1.29, 1.82) is 0 Å². The normalized spacial score (nSPS) is 15.0. The number of hydrogen-bond donors (Lipinski definition) is 1. The third kappa shape index (κ3) is 4.18. The Morgan fingerprint density at radius 1 is 1.25 bits per heavy atom. The largest absolute Gasteiger partial charge is 0.350 e. The Kier molecular flexibility index (Phi) is 6.30. The summed E-state index contributed by atoms with van der Waals surface area (Å²) in [6, 6.07) is 11.8. The summed E-state index contributed by atoms with van der Waals surface area (Å²) in [7, 11) is -3.79. The minimum atomic E-state index is -3.79. The quantitative estimate of drug-likeness (QED) is 0.753. The Morgan fingerprint density at radius 3 is 2.75 bits per heavy atom. The van der Waals surface area contributed by atoms with Gasteiger partial charge in [0.2, 0.25) is 0 Å². The fourth-order valence-electron chi connectivity index (χ4n) is 3.52. The van der Waals surface area contributed by atoms with E-state index in [-0.39, 0.29) is 27.4 Å². The van der Waals surface area contributed by atoms with Crippen LogP contribution in [0.25, 0.3) is 0 Å². The number of nitrogens with one attached hydrogen (secondary N) is 1. The maximum atomic E-state index is 13.3. The van der Waals surface area contributed by atoms with Crippen LogP contribution in [0.4, 0.5) is 5.69 Å². The van der Waals surface area contributed by atoms with Gasteiger partial charge in [-0.25, -0.2) is 8.42 Å². The molecule has 0 aromatic heterocycles. The fraction of sp³-hybridized carbons (Fsp3) is 0.381. The summed E-state index contributed by atoms with van der Waals surface area (Å²) in [4.78, 5) is 12.7. The Balaban J connectivity index is 1.95. The number of hydrogen-bond acceptors (Lipinski definition) is 3. The van der Waals surface area contributed by atoms with Gasteiger partial charge in [0.05, 0.1) is 21.2 Å². The molecular formula is C21H25ClN2O3S. The highest BCUT2D eigenvalue weighted by Crippen LogP contribution is 2.32. The van der Waals surface area contributed by atoms with Gasteiger partial charge >= 0.3 is 0 Å². The highest BCUT2D eigenvalue weighted by atomic mass is 35.5. The van der Waals surface area contributed by atoms with Crippen LogP contribution in [-0.4, -0.2) is 26.9 Å². The van der Waals surface area contributed by atoms with Crippen molar-refractivity contribution in [2.24, 2.45) is 0 Å². The second-order valence-electron chi connectivity index (χ2n) is 7.11. The van der Waals surface area contributed by atoms with E-state index in [0.717, 1.165) is 31.2 Å². The second kappa shape index (κ2) is 8.53. The average Bonchev–Trinajstić information content (AvgIpc) is 2.67. The number of para-hydroxylation sites is 1. The smallest absolute Gasteiger partial charge is 0.264 e. The molecule has 1 aliphatic rings. The van der Waals surface area contributed by atoms with Gasteiger partial charge in [-0.15, -0.1) is 0 Å². The van der Waals surface area contributed by atoms with Crippen molar-refractivity contribution in [2.75, 3.05) is 10.8 Å². The molecule has 7 heteroatoms. The van der Waals surface area contributed by atoms with Gasteiger partial charge in [0.25, 0.3) is 15.9 Å². The van der Waals surface area contributed by atoms with E-state index >= 15 is 0 Å². The zero-order valence-electron chi connectivity index (χ0n) is 16.1. The molecule has 2 aromatic carbocycles. The first-order valence-corrected chi connectivity index (χ1v) is 11.4. The summed E-state index contributed by atoms with van der Waals surface area (Å²) in [5, 5.41) is 3.12. The van der Waals surface area contributed by atoms with Crippen LogP contribution in [0.5, 0.6) is 0 Å². The topological polar surface area (TPSA) is 66.5 Å². The molecule has 1 amide bonds. The maximum absolute atomic E-state index is 13.3. The van der Waals surface area contributed by atoms with Gasteiger partial charge in [0.1, 0.15) is 0 Å². The maximum Gasteiger partial charge on any atom is 0.264 e. The molecule has 1 heterocycles. The second-order valence-corrected chi connectivity index (χ2v) is 9.38. The Labute approximate surface area is 171 Å². The number of rotatable bonds is 6. The van der Waals surface area contributed by atoms with Gasteiger partial charge in [-0.2, -0.15) is 0 Å². The minimum absolute atomic E-state index is 0.0113. The highest BCUT2D eigenvalue weighted by molar-refractivity contribution is 7.92. The van der Waals surface area contributed by atoms with Gasteiger partial charge in [0.15, 0.2) is 0 Å². The van der Waals surface area contributed by atoms with E-state index < -0.39 is 10.0 Å². The van der Waals surface area contributed by atoms with Gasteiger partial charge in [-0.05, 0) is 56.0 Å². The SMILES string of the molecule is CCC[C@H](C)NC(=O)c1cc(S(=O)(=O)N2CCCc3ccccc32)ccc1Cl. The van der Waals surface area contributed by atoms with Crippen molar-refractivity contribution < 1.29 is 13.2 Å². The highest BCUT2D eigenvalue weighted by Gasteiger charge is 2.30. The van der Waals surface area contributed by atoms with E-state index in [0.29, 0.717) is 12.2 Å². The van der Waals surface area contributed by atoms with Crippen molar-refractivity contribution in [2.45, 2.75) is 50.5 Å². The number of carbonyl (C=O) groups is 1. The molecule has 1 aliphatic heterocycles. The molecule has 1 atom stereocenters. The predicted molar refractivity (Wildman–Crippen MR) is 113 cm³/mol. The molecule has 5 nitrogen and oxygen atoms in total. The molecule has 0 saturated heterocycles. The first-order chi connectivity index (χ1) is 13.3. The van der Waals surface area contributed by atoms with E-state index in [1.54, 1.807) is 0 Å². The third-order valence-electron chi connectivity index (χ3n) is 4.94. The van der Waals surface area contributed by atoms with Crippen LogP contribution in [0.3, 0.4) is 0 Å². The molecule has 0 fully saturated rings. The summed E-state index contributed by atoms with van der Waals surface area (Å²) in [5.41, 5.74) is 1.89. The first-order valence-electron chi connectivity index (χ1n) is 9.55. The van der Waals surface area contributed by atoms with Crippen molar-refractivity contribution >= 4 is 33.2 Å². The summed E-state index contributed by atoms with van der Waals surface area (Å²) < 4.78 is 28.1. The molecule has 0 aliphatic carbocycles. The van der Waals surface area contributed by atoms with Crippen molar-refractivity contribution in [3.8, 4) is 0 Å². The van der Waals surface area contributed by atoms with E-state index in [9.17, 15) is 13.2 Å². The summed E-state index contributed by atoms with van der Waals surface area (Å²) in [6.45, 7) is 4.37. The molecular weight excluding hydrogens is 396 g/mol. The number of sulfonamides is 1. The Hall–Kier alpha value is -2.05. The molecule has 0 bridgehead atoms. The van der Waals surface area contributed by atoms with Crippen molar-refractivity contribution in [3.63, 3.8) is 0 Å². The van der Waals surface area contributed by atoms with E-state index in [1.165, 1.54) is 22.5 Å². The lowest BCUT2D eigenvalue weighted by Gasteiger charge is -2.30. The van der Waals surface area contributed by atoms with E-state index in [2.05, 4.69) is 5.32 Å². The lowest BCUT2D eigenvalue weighted by molar-refractivity contribution is 0.0938. The van der Waals surface area contributed by atoms with Crippen LogP contribution in [0, 0.1) is 0 Å². The molecule has 2 aromatic rings. The summed E-state index contributed by atoms with van der Waals surface area (Å²) in [6.07, 6.45) is 3.39. The molecule has 28 heavy (non-hydrogen) atoms. The minimum Gasteiger partial charge on any atom is -0.350 e. The van der Waals surface area contributed by atoms with Crippen LogP contribution in [0.15, 0.2) is 47.4 Å². The molecule has 3 rings (SSSR count). The molecule has 0 spiro atoms. The molecule has 0 unspecified atom stereocenters. The van der Waals surface area contributed by atoms with Gasteiger partial charge in [0, 0.05) is 12.6 Å². The van der Waals surface area contributed by atoms with Gasteiger partial charge in [-0.1, -0.05) is 43.1 Å². The molecule has 0 radical (unpaired) electrons. The molecule has 150 valence electrons. The number of benzene rings is 2. The van der Waals surface area contributed by atoms with Crippen molar-refractivity contribution in [3.05, 3.63) is 58.6 Å². The molecule has 1 N–H and O–H groups in total. The number of aryl methyl sites for hydroxylation is 1. The predicted octanol–water partition coefficient (Wildman–Crippen LogP) is 4.40. The lowest BCUT2D eigenvalue weighted by atomic mass is 10.0. The van der Waals surface area contributed by atoms with E-state index in [4.69, 9.17) is 11.6 Å². The Morgan fingerprint density at radius 2 is 2.00 bits per heavy atom. The van der Waals surface area contributed by atoms with Gasteiger partial charge in [-0.3, -0.25) is 9.10 Å². The third-order valence-corrected chi connectivity index (χ3v) is 7.08. The average molecular weight is 421 g/mol. The van der Waals surface area contributed by atoms with Crippen LogP contribution >= 0.6 is 11.6 Å². The standard InChI is InChI=1S/C21H25ClN2O3S/c1-3-7-15(2)23-21(25)18-14-17(11-12-19(18)22)28(26,27)24-13-6-9-16-8-4-5-10-20(16)24/h4-5,8,10-12,14-15H,3,6-7,9,13H2,1-2H3,(H,23,25)/t15-/m0/s1. The van der Waals surface area contributed by atoms with Crippen LogP contribution in [-0.2, 0) is 16.4 Å². The zero-order valence-corrected chi connectivity index (χ0v) is 17.7. The number of fused-ring (bicyclic) bond motifs is 1. The monoisotopic (exact) mass is 420 g/mol. The van der Waals surface area contributed by atoms with E-state index in [1.807, 2.05) is 38.1 Å². The Bertz CT molecular complexity index is 975. The number of carbonyl (C=O) groups excluding carboxylic acids is 1. The molecule has 0 saturated carbocycles. The lowest BCUT2D eigenvalue weighted by Crippen LogP contribution is -2.36. The zero-order chi connectivity index (χ0) is 20.3. The van der Waals surface area contributed by atoms with Crippen molar-refractivity contribution in [1.82, 2.24) is 5.32 Å². The number of amides is 1. The fourth-order valence-corrected chi connectivity index (χ4v) is 5.29. The number of anilines is 1. The van der Waals surface area contributed by atoms with Gasteiger partial charge < -0.3 is 5.32 Å². The summed E-state index contributed by atoms with van der Waals surface area (Å²) in [5.74, 6) is -0.359. The number of nitrogens with zero attached hydrogens (tertiary/aromatic N) is 1. The van der Waals surface area contributed by atoms with Crippen LogP contribution in [0.2, 0.25) is 5.02 Å². The van der Waals surface area contributed by atoms with Crippen LogP contribution < -0.4 is 9.62 Å². The van der Waals surface area contributed by atoms with Crippen LogP contribution in [0.1, 0.15) is 49.0 Å².